The zero-order valence-corrected chi connectivity index (χ0v) is 10.0. The fourth-order valence-corrected chi connectivity index (χ4v) is 1.40. The Morgan fingerprint density at radius 2 is 1.57 bits per heavy atom. The lowest BCUT2D eigenvalue weighted by molar-refractivity contribution is 0.755. The molecular weight excluding hydrogens is 168 g/mol. The van der Waals surface area contributed by atoms with Crippen LogP contribution >= 0.6 is 0 Å². The molecule has 0 bridgehead atoms. The number of unbranched alkanes of at least 4 members (excludes halogenated alkanes) is 3. The Hall–Kier alpha value is -0.520. The predicted octanol–water partition coefficient (Wildman–Crippen LogP) is 5.26. The molecule has 0 aliphatic carbocycles. The molecule has 0 unspecified atom stereocenters. The van der Waals surface area contributed by atoms with E-state index < -0.39 is 0 Å². The number of hydrogen-bond donors (Lipinski definition) is 0. The van der Waals surface area contributed by atoms with Gasteiger partial charge in [0.15, 0.2) is 0 Å². The van der Waals surface area contributed by atoms with Crippen LogP contribution in [0.2, 0.25) is 0 Å². The minimum absolute atomic E-state index is 1.18. The average Bonchev–Trinajstić information content (AvgIpc) is 2.20. The molecule has 0 aromatic rings. The maximum Gasteiger partial charge on any atom is -0.0288 e. The van der Waals surface area contributed by atoms with Crippen LogP contribution in [-0.4, -0.2) is 0 Å². The molecular formula is C14H26. The van der Waals surface area contributed by atoms with Crippen molar-refractivity contribution in [3.63, 3.8) is 0 Å². The summed E-state index contributed by atoms with van der Waals surface area (Å²) in [6.07, 6.45) is 14.7. The molecule has 0 spiro atoms. The van der Waals surface area contributed by atoms with Gasteiger partial charge in [-0.25, -0.2) is 0 Å². The van der Waals surface area contributed by atoms with Crippen molar-refractivity contribution in [1.29, 1.82) is 0 Å². The van der Waals surface area contributed by atoms with E-state index in [4.69, 9.17) is 0 Å². The van der Waals surface area contributed by atoms with Gasteiger partial charge in [-0.3, -0.25) is 0 Å². The number of allylic oxidation sites excluding steroid dienone is 3. The second kappa shape index (κ2) is 10.6. The monoisotopic (exact) mass is 194 g/mol. The Morgan fingerprint density at radius 1 is 0.929 bits per heavy atom. The fourth-order valence-electron chi connectivity index (χ4n) is 1.40. The van der Waals surface area contributed by atoms with E-state index >= 15 is 0 Å². The molecule has 82 valence electrons. The summed E-state index contributed by atoms with van der Waals surface area (Å²) in [5.41, 5.74) is 1.42. The summed E-state index contributed by atoms with van der Waals surface area (Å²) in [5, 5.41) is 0. The van der Waals surface area contributed by atoms with Crippen LogP contribution in [0.1, 0.15) is 65.2 Å². The van der Waals surface area contributed by atoms with E-state index in [2.05, 4.69) is 32.6 Å². The van der Waals surface area contributed by atoms with Gasteiger partial charge < -0.3 is 0 Å². The SMILES string of the molecule is C=C(CCC=CCCCC)CCCC. The van der Waals surface area contributed by atoms with E-state index in [-0.39, 0.29) is 0 Å². The molecule has 0 aromatic heterocycles. The Labute approximate surface area is 90.1 Å². The molecule has 14 heavy (non-hydrogen) atoms. The van der Waals surface area contributed by atoms with Crippen LogP contribution in [0.25, 0.3) is 0 Å². The highest BCUT2D eigenvalue weighted by molar-refractivity contribution is 4.96. The quantitative estimate of drug-likeness (QED) is 0.347. The van der Waals surface area contributed by atoms with Gasteiger partial charge in [0.25, 0.3) is 0 Å². The van der Waals surface area contributed by atoms with Gasteiger partial charge >= 0.3 is 0 Å². The first-order valence-corrected chi connectivity index (χ1v) is 6.12. The molecule has 0 N–H and O–H groups in total. The van der Waals surface area contributed by atoms with Crippen LogP contribution < -0.4 is 0 Å². The molecule has 0 aliphatic rings. The summed E-state index contributed by atoms with van der Waals surface area (Å²) >= 11 is 0. The highest BCUT2D eigenvalue weighted by atomic mass is 14.0. The van der Waals surface area contributed by atoms with Gasteiger partial charge in [0.05, 0.1) is 0 Å². The van der Waals surface area contributed by atoms with Gasteiger partial charge in [-0.15, -0.1) is 0 Å². The third kappa shape index (κ3) is 9.57. The first-order valence-electron chi connectivity index (χ1n) is 6.12. The first kappa shape index (κ1) is 13.5. The van der Waals surface area contributed by atoms with E-state index in [0.717, 1.165) is 0 Å². The van der Waals surface area contributed by atoms with E-state index in [1.807, 2.05) is 0 Å². The van der Waals surface area contributed by atoms with E-state index in [1.165, 1.54) is 56.9 Å². The summed E-state index contributed by atoms with van der Waals surface area (Å²) in [6, 6.07) is 0. The van der Waals surface area contributed by atoms with Crippen LogP contribution in [0.4, 0.5) is 0 Å². The second-order valence-corrected chi connectivity index (χ2v) is 4.01. The topological polar surface area (TPSA) is 0 Å². The molecule has 0 heterocycles. The van der Waals surface area contributed by atoms with Crippen LogP contribution in [0.5, 0.6) is 0 Å². The van der Waals surface area contributed by atoms with Crippen molar-refractivity contribution in [1.82, 2.24) is 0 Å². The fraction of sp³-hybridized carbons (Fsp3) is 0.714. The molecule has 0 rings (SSSR count). The molecule has 0 aliphatic heterocycles. The van der Waals surface area contributed by atoms with Crippen molar-refractivity contribution >= 4 is 0 Å². The van der Waals surface area contributed by atoms with Crippen LogP contribution in [0, 0.1) is 0 Å². The molecule has 0 fully saturated rings. The van der Waals surface area contributed by atoms with Crippen LogP contribution in [0.3, 0.4) is 0 Å². The Morgan fingerprint density at radius 3 is 2.21 bits per heavy atom. The van der Waals surface area contributed by atoms with Crippen molar-refractivity contribution in [2.24, 2.45) is 0 Å². The van der Waals surface area contributed by atoms with Gasteiger partial charge in [0.2, 0.25) is 0 Å². The summed E-state index contributed by atoms with van der Waals surface area (Å²) < 4.78 is 0. The minimum atomic E-state index is 1.18. The van der Waals surface area contributed by atoms with E-state index in [9.17, 15) is 0 Å². The van der Waals surface area contributed by atoms with Crippen LogP contribution in [0.15, 0.2) is 24.3 Å². The van der Waals surface area contributed by atoms with Gasteiger partial charge in [0, 0.05) is 0 Å². The Kier molecular flexibility index (Phi) is 10.2. The zero-order chi connectivity index (χ0) is 10.6. The van der Waals surface area contributed by atoms with Crippen molar-refractivity contribution in [2.45, 2.75) is 65.2 Å². The number of hydrogen-bond acceptors (Lipinski definition) is 0. The van der Waals surface area contributed by atoms with E-state index in [1.54, 1.807) is 0 Å². The molecule has 0 saturated heterocycles. The maximum atomic E-state index is 4.09. The molecule has 0 saturated carbocycles. The highest BCUT2D eigenvalue weighted by Gasteiger charge is 1.91. The van der Waals surface area contributed by atoms with Gasteiger partial charge in [0.1, 0.15) is 0 Å². The third-order valence-corrected chi connectivity index (χ3v) is 2.44. The smallest absolute Gasteiger partial charge is 0.0288 e. The van der Waals surface area contributed by atoms with E-state index in [0.29, 0.717) is 0 Å². The molecule has 0 nitrogen and oxygen atoms in total. The molecule has 0 aromatic carbocycles. The molecule has 0 heteroatoms. The third-order valence-electron chi connectivity index (χ3n) is 2.44. The minimum Gasteiger partial charge on any atom is -0.0999 e. The standard InChI is InChI=1S/C14H26/c1-4-6-8-9-10-11-13-14(3)12-7-5-2/h9-10H,3-8,11-13H2,1-2H3. The van der Waals surface area contributed by atoms with Gasteiger partial charge in [-0.1, -0.05) is 57.4 Å². The first-order chi connectivity index (χ1) is 6.81. The second-order valence-electron chi connectivity index (χ2n) is 4.01. The molecule has 0 amide bonds. The van der Waals surface area contributed by atoms with Crippen molar-refractivity contribution < 1.29 is 0 Å². The van der Waals surface area contributed by atoms with Crippen molar-refractivity contribution in [3.8, 4) is 0 Å². The maximum absolute atomic E-state index is 4.09. The van der Waals surface area contributed by atoms with Crippen LogP contribution in [-0.2, 0) is 0 Å². The highest BCUT2D eigenvalue weighted by Crippen LogP contribution is 2.11. The largest absolute Gasteiger partial charge is 0.0999 e. The zero-order valence-electron chi connectivity index (χ0n) is 10.0. The molecule has 0 radical (unpaired) electrons. The predicted molar refractivity (Wildman–Crippen MR) is 66.6 cm³/mol. The lowest BCUT2D eigenvalue weighted by Gasteiger charge is -2.01. The lowest BCUT2D eigenvalue weighted by atomic mass is 10.1. The van der Waals surface area contributed by atoms with Gasteiger partial charge in [-0.2, -0.15) is 0 Å². The Bertz CT molecular complexity index is 153. The summed E-state index contributed by atoms with van der Waals surface area (Å²) in [4.78, 5) is 0. The Balaban J connectivity index is 3.25. The summed E-state index contributed by atoms with van der Waals surface area (Å²) in [5.74, 6) is 0. The summed E-state index contributed by atoms with van der Waals surface area (Å²) in [7, 11) is 0. The summed E-state index contributed by atoms with van der Waals surface area (Å²) in [6.45, 7) is 8.56. The number of rotatable bonds is 9. The lowest BCUT2D eigenvalue weighted by Crippen LogP contribution is -1.81. The average molecular weight is 194 g/mol. The van der Waals surface area contributed by atoms with Crippen molar-refractivity contribution in [2.75, 3.05) is 0 Å². The van der Waals surface area contributed by atoms with Crippen molar-refractivity contribution in [3.05, 3.63) is 24.3 Å². The van der Waals surface area contributed by atoms with Gasteiger partial charge in [-0.05, 0) is 32.1 Å². The molecule has 0 atom stereocenters. The normalized spacial score (nSPS) is 11.0.